The molecule has 0 N–H and O–H groups in total. The van der Waals surface area contributed by atoms with Crippen molar-refractivity contribution in [1.29, 1.82) is 0 Å². The van der Waals surface area contributed by atoms with Crippen molar-refractivity contribution in [2.45, 2.75) is 16.5 Å². The van der Waals surface area contributed by atoms with E-state index >= 15 is 0 Å². The molecule has 3 rings (SSSR count). The van der Waals surface area contributed by atoms with E-state index in [0.717, 1.165) is 5.56 Å². The van der Waals surface area contributed by atoms with Crippen molar-refractivity contribution in [2.24, 2.45) is 5.92 Å². The summed E-state index contributed by atoms with van der Waals surface area (Å²) in [6.45, 7) is 1.15. The zero-order valence-corrected chi connectivity index (χ0v) is 12.2. The summed E-state index contributed by atoms with van der Waals surface area (Å²) in [6, 6.07) is 5.33. The highest BCUT2D eigenvalue weighted by molar-refractivity contribution is 6.52. The van der Waals surface area contributed by atoms with Crippen molar-refractivity contribution >= 4 is 46.4 Å². The Balaban J connectivity index is 1.88. The van der Waals surface area contributed by atoms with Gasteiger partial charge in [-0.3, -0.25) is 0 Å². The van der Waals surface area contributed by atoms with E-state index in [2.05, 4.69) is 0 Å². The molecule has 2 aliphatic rings. The number of halogens is 4. The van der Waals surface area contributed by atoms with Crippen LogP contribution in [-0.2, 0) is 9.47 Å². The molecule has 2 atom stereocenters. The lowest BCUT2D eigenvalue weighted by Gasteiger charge is -2.08. The number of ether oxygens (including phenoxy) is 2. The van der Waals surface area contributed by atoms with Crippen molar-refractivity contribution < 1.29 is 9.47 Å². The first-order valence-electron chi connectivity index (χ1n) is 5.57. The van der Waals surface area contributed by atoms with Gasteiger partial charge >= 0.3 is 0 Å². The molecule has 0 unspecified atom stereocenters. The van der Waals surface area contributed by atoms with E-state index in [1.165, 1.54) is 0 Å². The van der Waals surface area contributed by atoms with Crippen LogP contribution in [0.1, 0.15) is 11.5 Å². The highest BCUT2D eigenvalue weighted by Crippen LogP contribution is 2.67. The van der Waals surface area contributed by atoms with Gasteiger partial charge < -0.3 is 9.47 Å². The molecule has 0 spiro atoms. The van der Waals surface area contributed by atoms with Crippen molar-refractivity contribution in [2.75, 3.05) is 13.2 Å². The molecule has 2 nitrogen and oxygen atoms in total. The lowest BCUT2D eigenvalue weighted by atomic mass is 10.1. The minimum Gasteiger partial charge on any atom is -0.350 e. The summed E-state index contributed by atoms with van der Waals surface area (Å²) in [5.74, 6) is -0.155. The van der Waals surface area contributed by atoms with Crippen molar-refractivity contribution in [3.05, 3.63) is 33.8 Å². The van der Waals surface area contributed by atoms with Gasteiger partial charge in [-0.15, -0.1) is 23.2 Å². The molecule has 6 heteroatoms. The standard InChI is InChI=1S/C12H10Cl4O2/c13-7-3-6(4-8(14)5-7)9-10(12(9,15)16)11-17-1-2-18-11/h3-5,9-11H,1-2H2/t9-,10-/m0/s1. The van der Waals surface area contributed by atoms with E-state index in [1.807, 2.05) is 12.1 Å². The van der Waals surface area contributed by atoms with Gasteiger partial charge in [-0.25, -0.2) is 0 Å². The van der Waals surface area contributed by atoms with E-state index < -0.39 is 4.33 Å². The maximum absolute atomic E-state index is 6.31. The predicted octanol–water partition coefficient (Wildman–Crippen LogP) is 4.25. The molecule has 1 saturated carbocycles. The SMILES string of the molecule is Clc1cc(Cl)cc([C@H]2[C@@H](C3OCCO3)C2(Cl)Cl)c1. The molecule has 1 saturated heterocycles. The van der Waals surface area contributed by atoms with Crippen LogP contribution >= 0.6 is 46.4 Å². The zero-order chi connectivity index (χ0) is 12.9. The molecule has 1 aliphatic carbocycles. The molecule has 0 amide bonds. The summed E-state index contributed by atoms with van der Waals surface area (Å²) in [6.07, 6.45) is -0.345. The molecular weight excluding hydrogens is 318 g/mol. The monoisotopic (exact) mass is 326 g/mol. The summed E-state index contributed by atoms with van der Waals surface area (Å²) < 4.78 is 10.0. The van der Waals surface area contributed by atoms with E-state index in [1.54, 1.807) is 6.07 Å². The Hall–Kier alpha value is 0.300. The number of benzene rings is 1. The number of rotatable bonds is 2. The molecule has 2 fully saturated rings. The molecule has 1 aromatic carbocycles. The Kier molecular flexibility index (Phi) is 3.46. The Morgan fingerprint density at radius 2 is 1.56 bits per heavy atom. The fraction of sp³-hybridized carbons (Fsp3) is 0.500. The Bertz CT molecular complexity index is 451. The van der Waals surface area contributed by atoms with Gasteiger partial charge in [-0.05, 0) is 23.8 Å². The number of hydrogen-bond donors (Lipinski definition) is 0. The van der Waals surface area contributed by atoms with E-state index in [4.69, 9.17) is 55.9 Å². The van der Waals surface area contributed by atoms with Gasteiger partial charge in [0.05, 0.1) is 19.1 Å². The van der Waals surface area contributed by atoms with Gasteiger partial charge in [-0.1, -0.05) is 23.2 Å². The third-order valence-corrected chi connectivity index (χ3v) is 4.70. The minimum absolute atomic E-state index is 0.0693. The van der Waals surface area contributed by atoms with Crippen LogP contribution < -0.4 is 0 Å². The molecule has 1 aromatic rings. The molecule has 18 heavy (non-hydrogen) atoms. The van der Waals surface area contributed by atoms with Crippen LogP contribution in [0, 0.1) is 5.92 Å². The molecular formula is C12H10Cl4O2. The van der Waals surface area contributed by atoms with Crippen LogP contribution in [0.15, 0.2) is 18.2 Å². The van der Waals surface area contributed by atoms with Crippen LogP contribution in [0.5, 0.6) is 0 Å². The van der Waals surface area contributed by atoms with Gasteiger partial charge in [0, 0.05) is 16.0 Å². The van der Waals surface area contributed by atoms with Gasteiger partial charge in [0.1, 0.15) is 4.33 Å². The van der Waals surface area contributed by atoms with Gasteiger partial charge in [0.25, 0.3) is 0 Å². The maximum Gasteiger partial charge on any atom is 0.164 e. The van der Waals surface area contributed by atoms with Crippen LogP contribution in [0.3, 0.4) is 0 Å². The van der Waals surface area contributed by atoms with Gasteiger partial charge in [0.2, 0.25) is 0 Å². The van der Waals surface area contributed by atoms with Crippen LogP contribution in [0.2, 0.25) is 10.0 Å². The van der Waals surface area contributed by atoms with Crippen molar-refractivity contribution in [3.63, 3.8) is 0 Å². The highest BCUT2D eigenvalue weighted by atomic mass is 35.5. The molecule has 0 radical (unpaired) electrons. The summed E-state index contributed by atoms with van der Waals surface area (Å²) in [4.78, 5) is 0. The fourth-order valence-corrected chi connectivity index (χ4v) is 3.86. The second-order valence-corrected chi connectivity index (χ2v) is 6.81. The molecule has 0 aromatic heterocycles. The molecule has 98 valence electrons. The smallest absolute Gasteiger partial charge is 0.164 e. The van der Waals surface area contributed by atoms with Gasteiger partial charge in [0.15, 0.2) is 6.29 Å². The normalized spacial score (nSPS) is 30.7. The second kappa shape index (κ2) is 4.69. The summed E-state index contributed by atoms with van der Waals surface area (Å²) in [7, 11) is 0. The van der Waals surface area contributed by atoms with E-state index in [9.17, 15) is 0 Å². The minimum atomic E-state index is -0.886. The highest BCUT2D eigenvalue weighted by Gasteiger charge is 2.68. The largest absolute Gasteiger partial charge is 0.350 e. The molecule has 1 aliphatic heterocycles. The number of alkyl halides is 2. The summed E-state index contributed by atoms with van der Waals surface area (Å²) >= 11 is 24.6. The average molecular weight is 328 g/mol. The quantitative estimate of drug-likeness (QED) is 0.756. The first kappa shape index (κ1) is 13.3. The average Bonchev–Trinajstić information content (AvgIpc) is 2.65. The van der Waals surface area contributed by atoms with Crippen molar-refractivity contribution in [1.82, 2.24) is 0 Å². The van der Waals surface area contributed by atoms with Crippen molar-refractivity contribution in [3.8, 4) is 0 Å². The summed E-state index contributed by atoms with van der Waals surface area (Å²) in [5, 5.41) is 1.14. The zero-order valence-electron chi connectivity index (χ0n) is 9.21. The van der Waals surface area contributed by atoms with E-state index in [-0.39, 0.29) is 18.1 Å². The first-order chi connectivity index (χ1) is 8.50. The number of hydrogen-bond acceptors (Lipinski definition) is 2. The summed E-state index contributed by atoms with van der Waals surface area (Å²) in [5.41, 5.74) is 0.918. The maximum atomic E-state index is 6.31. The Morgan fingerprint density at radius 3 is 2.11 bits per heavy atom. The van der Waals surface area contributed by atoms with Crippen LogP contribution in [-0.4, -0.2) is 23.8 Å². The van der Waals surface area contributed by atoms with Crippen LogP contribution in [0.4, 0.5) is 0 Å². The first-order valence-corrected chi connectivity index (χ1v) is 7.08. The third kappa shape index (κ3) is 2.24. The third-order valence-electron chi connectivity index (χ3n) is 3.29. The molecule has 0 bridgehead atoms. The van der Waals surface area contributed by atoms with Crippen LogP contribution in [0.25, 0.3) is 0 Å². The topological polar surface area (TPSA) is 18.5 Å². The second-order valence-electron chi connectivity index (χ2n) is 4.49. The fourth-order valence-electron chi connectivity index (χ4n) is 2.46. The Morgan fingerprint density at radius 1 is 1.00 bits per heavy atom. The molecule has 1 heterocycles. The Labute approximate surface area is 125 Å². The lowest BCUT2D eigenvalue weighted by Crippen LogP contribution is -2.14. The lowest BCUT2D eigenvalue weighted by molar-refractivity contribution is -0.0591. The predicted molar refractivity (Wildman–Crippen MR) is 72.8 cm³/mol. The van der Waals surface area contributed by atoms with Gasteiger partial charge in [-0.2, -0.15) is 0 Å². The van der Waals surface area contributed by atoms with E-state index in [0.29, 0.717) is 23.3 Å².